The SMILES string of the molecule is CCCCC1(CC)CS(O)(O)c2cc(CCCNCCS(=O)(=O)O)c(OC)cc2C(c2ccccc2)N1. The minimum Gasteiger partial charge on any atom is -0.496 e. The zero-order chi connectivity index (χ0) is 27.1. The molecule has 10 heteroatoms. The summed E-state index contributed by atoms with van der Waals surface area (Å²) < 4.78 is 59.6. The van der Waals surface area contributed by atoms with Crippen molar-refractivity contribution in [3.05, 3.63) is 59.2 Å². The molecule has 2 atom stereocenters. The first-order valence-corrected chi connectivity index (χ1v) is 16.3. The molecule has 0 spiro atoms. The third-order valence-electron chi connectivity index (χ3n) is 7.16. The number of methoxy groups -OCH3 is 1. The number of rotatable bonds is 13. The fraction of sp³-hybridized carbons (Fsp3) is 0.556. The Balaban J connectivity index is 1.97. The van der Waals surface area contributed by atoms with Gasteiger partial charge in [0.2, 0.25) is 0 Å². The van der Waals surface area contributed by atoms with Crippen LogP contribution in [0.3, 0.4) is 0 Å². The predicted molar refractivity (Wildman–Crippen MR) is 151 cm³/mol. The quantitative estimate of drug-likeness (QED) is 0.168. The van der Waals surface area contributed by atoms with Crippen molar-refractivity contribution in [2.45, 2.75) is 68.8 Å². The highest BCUT2D eigenvalue weighted by Gasteiger charge is 2.42. The Morgan fingerprint density at radius 3 is 2.49 bits per heavy atom. The van der Waals surface area contributed by atoms with Gasteiger partial charge in [-0.15, -0.1) is 0 Å². The second-order valence-electron chi connectivity index (χ2n) is 9.88. The van der Waals surface area contributed by atoms with E-state index in [0.717, 1.165) is 42.4 Å². The number of unbranched alkanes of at least 4 members (excludes halogenated alkanes) is 1. The van der Waals surface area contributed by atoms with E-state index in [1.807, 2.05) is 30.3 Å². The molecule has 2 aromatic carbocycles. The Bertz CT molecular complexity index is 1130. The zero-order valence-electron chi connectivity index (χ0n) is 22.1. The van der Waals surface area contributed by atoms with Crippen molar-refractivity contribution in [2.75, 3.05) is 31.7 Å². The van der Waals surface area contributed by atoms with E-state index in [1.54, 1.807) is 7.11 Å². The molecule has 2 unspecified atom stereocenters. The number of hydrogen-bond donors (Lipinski definition) is 5. The van der Waals surface area contributed by atoms with E-state index in [1.165, 1.54) is 0 Å². The molecule has 208 valence electrons. The number of benzene rings is 2. The first-order chi connectivity index (χ1) is 17.5. The molecule has 5 N–H and O–H groups in total. The molecular formula is C27H42N2O6S2. The lowest BCUT2D eigenvalue weighted by molar-refractivity contribution is 0.290. The van der Waals surface area contributed by atoms with Crippen LogP contribution in [0.15, 0.2) is 47.4 Å². The van der Waals surface area contributed by atoms with Crippen LogP contribution in [0.4, 0.5) is 0 Å². The van der Waals surface area contributed by atoms with Gasteiger partial charge in [-0.3, -0.25) is 19.0 Å². The van der Waals surface area contributed by atoms with Gasteiger partial charge < -0.3 is 10.1 Å². The predicted octanol–water partition coefficient (Wildman–Crippen LogP) is 5.25. The van der Waals surface area contributed by atoms with Crippen molar-refractivity contribution in [1.82, 2.24) is 10.6 Å². The van der Waals surface area contributed by atoms with Crippen molar-refractivity contribution in [2.24, 2.45) is 0 Å². The van der Waals surface area contributed by atoms with Gasteiger partial charge in [0, 0.05) is 17.6 Å². The molecular weight excluding hydrogens is 512 g/mol. The number of hydrogen-bond acceptors (Lipinski definition) is 7. The molecule has 1 aliphatic heterocycles. The van der Waals surface area contributed by atoms with Crippen LogP contribution in [0.5, 0.6) is 5.75 Å². The van der Waals surface area contributed by atoms with Gasteiger partial charge in [0.1, 0.15) is 5.75 Å². The molecule has 0 bridgehead atoms. The maximum absolute atomic E-state index is 11.6. The second-order valence-corrected chi connectivity index (χ2v) is 13.5. The average Bonchev–Trinajstić information content (AvgIpc) is 2.96. The summed E-state index contributed by atoms with van der Waals surface area (Å²) in [6.07, 6.45) is 4.96. The van der Waals surface area contributed by atoms with Crippen LogP contribution in [0.1, 0.15) is 68.7 Å². The van der Waals surface area contributed by atoms with Crippen LogP contribution >= 0.6 is 10.6 Å². The Hall–Kier alpha value is -1.66. The lowest BCUT2D eigenvalue weighted by Gasteiger charge is -2.42. The molecule has 3 rings (SSSR count). The Morgan fingerprint density at radius 2 is 1.86 bits per heavy atom. The van der Waals surface area contributed by atoms with Crippen LogP contribution in [0.25, 0.3) is 0 Å². The molecule has 0 fully saturated rings. The highest BCUT2D eigenvalue weighted by atomic mass is 32.3. The van der Waals surface area contributed by atoms with E-state index in [9.17, 15) is 17.5 Å². The molecule has 0 aliphatic carbocycles. The lowest BCUT2D eigenvalue weighted by atomic mass is 9.87. The third-order valence-corrected chi connectivity index (χ3v) is 9.89. The third kappa shape index (κ3) is 7.92. The number of aryl methyl sites for hydroxylation is 1. The van der Waals surface area contributed by atoms with Crippen LogP contribution in [0, 0.1) is 0 Å². The van der Waals surface area contributed by atoms with Crippen LogP contribution in [-0.2, 0) is 16.5 Å². The Kier molecular flexibility index (Phi) is 10.4. The Labute approximate surface area is 223 Å². The number of ether oxygens (including phenoxy) is 1. The summed E-state index contributed by atoms with van der Waals surface area (Å²) >= 11 is 0. The number of fused-ring (bicyclic) bond motifs is 1. The standard InChI is InChI=1S/C27H42N2O6S2/c1-4-6-14-27(5-2)20-36(30,31)25-18-22(13-10-15-28-16-17-37(32,33)34)24(35-3)19-23(25)26(29-27)21-11-8-7-9-12-21/h7-9,11-12,18-19,26,28-31H,4-6,10,13-17,20H2,1-3H3,(H,32,33,34). The summed E-state index contributed by atoms with van der Waals surface area (Å²) in [5, 5.41) is 6.88. The van der Waals surface area contributed by atoms with E-state index in [-0.39, 0.29) is 24.1 Å². The fourth-order valence-electron chi connectivity index (χ4n) is 5.08. The summed E-state index contributed by atoms with van der Waals surface area (Å²) in [7, 11) is -5.47. The van der Waals surface area contributed by atoms with E-state index in [4.69, 9.17) is 9.29 Å². The molecule has 0 saturated heterocycles. The minimum absolute atomic E-state index is 0.169. The van der Waals surface area contributed by atoms with Crippen molar-refractivity contribution in [3.63, 3.8) is 0 Å². The Morgan fingerprint density at radius 1 is 1.14 bits per heavy atom. The highest BCUT2D eigenvalue weighted by molar-refractivity contribution is 8.24. The van der Waals surface area contributed by atoms with Crippen LogP contribution in [-0.4, -0.2) is 59.3 Å². The van der Waals surface area contributed by atoms with E-state index in [2.05, 4.69) is 36.6 Å². The van der Waals surface area contributed by atoms with E-state index in [0.29, 0.717) is 30.0 Å². The van der Waals surface area contributed by atoms with Gasteiger partial charge in [-0.25, -0.2) is 0 Å². The molecule has 0 saturated carbocycles. The van der Waals surface area contributed by atoms with Gasteiger partial charge in [-0.1, -0.05) is 57.0 Å². The normalized spacial score (nSPS) is 22.2. The summed E-state index contributed by atoms with van der Waals surface area (Å²) in [5.74, 6) is 0.615. The van der Waals surface area contributed by atoms with Crippen molar-refractivity contribution in [3.8, 4) is 5.75 Å². The van der Waals surface area contributed by atoms with Crippen LogP contribution in [0.2, 0.25) is 0 Å². The molecule has 2 aromatic rings. The molecule has 1 heterocycles. The van der Waals surface area contributed by atoms with Crippen molar-refractivity contribution in [1.29, 1.82) is 0 Å². The first kappa shape index (κ1) is 29.9. The fourth-order valence-corrected chi connectivity index (χ4v) is 7.72. The minimum atomic E-state index is -3.99. The highest BCUT2D eigenvalue weighted by Crippen LogP contribution is 2.58. The summed E-state index contributed by atoms with van der Waals surface area (Å²) in [6, 6.07) is 13.7. The summed E-state index contributed by atoms with van der Waals surface area (Å²) in [6.45, 7) is 4.98. The van der Waals surface area contributed by atoms with E-state index >= 15 is 0 Å². The zero-order valence-corrected chi connectivity index (χ0v) is 23.7. The smallest absolute Gasteiger partial charge is 0.266 e. The lowest BCUT2D eigenvalue weighted by Crippen LogP contribution is -2.49. The molecule has 37 heavy (non-hydrogen) atoms. The monoisotopic (exact) mass is 554 g/mol. The van der Waals surface area contributed by atoms with Gasteiger partial charge in [-0.05, 0) is 55.5 Å². The van der Waals surface area contributed by atoms with Gasteiger partial charge in [0.15, 0.2) is 0 Å². The summed E-state index contributed by atoms with van der Waals surface area (Å²) in [4.78, 5) is 0.566. The molecule has 0 aromatic heterocycles. The number of nitrogens with one attached hydrogen (secondary N) is 2. The average molecular weight is 555 g/mol. The van der Waals surface area contributed by atoms with E-state index < -0.39 is 26.2 Å². The molecule has 0 amide bonds. The van der Waals surface area contributed by atoms with Gasteiger partial charge in [-0.2, -0.15) is 19.0 Å². The van der Waals surface area contributed by atoms with Gasteiger partial charge in [0.25, 0.3) is 10.1 Å². The topological polar surface area (TPSA) is 128 Å². The van der Waals surface area contributed by atoms with Gasteiger partial charge >= 0.3 is 0 Å². The van der Waals surface area contributed by atoms with Gasteiger partial charge in [0.05, 0.1) is 29.6 Å². The summed E-state index contributed by atoms with van der Waals surface area (Å²) in [5.41, 5.74) is 2.35. The van der Waals surface area contributed by atoms with Crippen LogP contribution < -0.4 is 15.4 Å². The maximum atomic E-state index is 11.6. The second kappa shape index (κ2) is 12.9. The molecule has 8 nitrogen and oxygen atoms in total. The molecule has 0 radical (unpaired) electrons. The maximum Gasteiger partial charge on any atom is 0.266 e. The van der Waals surface area contributed by atoms with Crippen molar-refractivity contribution < 1.29 is 26.8 Å². The molecule has 1 aliphatic rings. The largest absolute Gasteiger partial charge is 0.496 e. The first-order valence-electron chi connectivity index (χ1n) is 13.0. The van der Waals surface area contributed by atoms with Crippen molar-refractivity contribution >= 4 is 20.7 Å².